The molecule has 0 amide bonds. The van der Waals surface area contributed by atoms with E-state index in [1.807, 2.05) is 6.07 Å². The van der Waals surface area contributed by atoms with Gasteiger partial charge in [0.05, 0.1) is 12.2 Å². The Morgan fingerprint density at radius 3 is 2.70 bits per heavy atom. The Bertz CT molecular complexity index is 861. The van der Waals surface area contributed by atoms with Crippen LogP contribution in [0.1, 0.15) is 67.5 Å². The molecule has 0 unspecified atom stereocenters. The highest BCUT2D eigenvalue weighted by molar-refractivity contribution is 5.20. The number of rotatable bonds is 5. The minimum absolute atomic E-state index is 0.0662. The molecule has 7 nitrogen and oxygen atoms in total. The first kappa shape index (κ1) is 17.1. The molecule has 0 radical (unpaired) electrons. The predicted octanol–water partition coefficient (Wildman–Crippen LogP) is 2.29. The van der Waals surface area contributed by atoms with E-state index in [-0.39, 0.29) is 5.56 Å². The third-order valence-electron chi connectivity index (χ3n) is 6.18. The summed E-state index contributed by atoms with van der Waals surface area (Å²) < 4.78 is 7.49. The number of fused-ring (bicyclic) bond motifs is 1. The summed E-state index contributed by atoms with van der Waals surface area (Å²) in [5.74, 6) is 2.58. The average molecular weight is 369 g/mol. The lowest BCUT2D eigenvalue weighted by Gasteiger charge is -2.31. The smallest absolute Gasteiger partial charge is 0.267 e. The van der Waals surface area contributed by atoms with Gasteiger partial charge in [0.15, 0.2) is 0 Å². The lowest BCUT2D eigenvalue weighted by Crippen LogP contribution is -2.37. The van der Waals surface area contributed by atoms with Gasteiger partial charge in [-0.05, 0) is 75.9 Å². The van der Waals surface area contributed by atoms with Crippen molar-refractivity contribution in [1.82, 2.24) is 24.9 Å². The topological polar surface area (TPSA) is 77.1 Å². The second kappa shape index (κ2) is 7.19. The van der Waals surface area contributed by atoms with Gasteiger partial charge in [-0.15, -0.1) is 10.2 Å². The fourth-order valence-electron chi connectivity index (χ4n) is 4.32. The zero-order valence-corrected chi connectivity index (χ0v) is 15.8. The molecule has 2 aromatic heterocycles. The average Bonchev–Trinajstić information content (AvgIpc) is 3.43. The molecular formula is C20H27N5O2. The molecule has 2 fully saturated rings. The summed E-state index contributed by atoms with van der Waals surface area (Å²) in [6.07, 6.45) is 8.92. The Balaban J connectivity index is 1.16. The van der Waals surface area contributed by atoms with Crippen LogP contribution in [0.15, 0.2) is 15.3 Å². The van der Waals surface area contributed by atoms with Gasteiger partial charge in [0.25, 0.3) is 5.56 Å². The van der Waals surface area contributed by atoms with Gasteiger partial charge >= 0.3 is 0 Å². The summed E-state index contributed by atoms with van der Waals surface area (Å²) in [6, 6.07) is 1.82. The van der Waals surface area contributed by atoms with Gasteiger partial charge in [0, 0.05) is 18.5 Å². The van der Waals surface area contributed by atoms with E-state index in [9.17, 15) is 4.79 Å². The maximum atomic E-state index is 12.4. The highest BCUT2D eigenvalue weighted by Gasteiger charge is 2.30. The van der Waals surface area contributed by atoms with Gasteiger partial charge in [-0.3, -0.25) is 9.69 Å². The van der Waals surface area contributed by atoms with Crippen molar-refractivity contribution in [3.63, 3.8) is 0 Å². The van der Waals surface area contributed by atoms with Gasteiger partial charge in [-0.1, -0.05) is 0 Å². The number of aryl methyl sites for hydroxylation is 2. The second-order valence-electron chi connectivity index (χ2n) is 8.37. The maximum absolute atomic E-state index is 12.4. The van der Waals surface area contributed by atoms with Crippen molar-refractivity contribution in [1.29, 1.82) is 0 Å². The minimum atomic E-state index is 0.0662. The molecule has 3 aliphatic rings. The van der Waals surface area contributed by atoms with Crippen LogP contribution in [-0.2, 0) is 25.9 Å². The molecule has 3 heterocycles. The third kappa shape index (κ3) is 3.83. The molecule has 0 aromatic carbocycles. The van der Waals surface area contributed by atoms with Gasteiger partial charge in [-0.25, -0.2) is 4.68 Å². The van der Waals surface area contributed by atoms with Crippen LogP contribution in [0.3, 0.4) is 0 Å². The Morgan fingerprint density at radius 2 is 1.89 bits per heavy atom. The SMILES string of the molecule is O=c1cc2c(nn1CC1CCN(Cc3nnc(C4CC4)o3)CC1)CCCC2. The van der Waals surface area contributed by atoms with Crippen molar-refractivity contribution in [2.45, 2.75) is 70.4 Å². The number of aromatic nitrogens is 4. The molecule has 27 heavy (non-hydrogen) atoms. The van der Waals surface area contributed by atoms with Crippen LogP contribution >= 0.6 is 0 Å². The largest absolute Gasteiger partial charge is 0.424 e. The number of hydrogen-bond donors (Lipinski definition) is 0. The molecule has 2 aromatic rings. The summed E-state index contributed by atoms with van der Waals surface area (Å²) in [5.41, 5.74) is 2.38. The molecule has 1 saturated heterocycles. The van der Waals surface area contributed by atoms with Crippen molar-refractivity contribution in [2.75, 3.05) is 13.1 Å². The number of piperidine rings is 1. The fraction of sp³-hybridized carbons (Fsp3) is 0.700. The van der Waals surface area contributed by atoms with Gasteiger partial charge < -0.3 is 4.42 Å². The van der Waals surface area contributed by atoms with E-state index in [0.717, 1.165) is 69.3 Å². The lowest BCUT2D eigenvalue weighted by atomic mass is 9.96. The molecule has 1 aliphatic heterocycles. The normalized spacial score (nSPS) is 21.3. The first-order valence-corrected chi connectivity index (χ1v) is 10.4. The highest BCUT2D eigenvalue weighted by Crippen LogP contribution is 2.39. The fourth-order valence-corrected chi connectivity index (χ4v) is 4.32. The van der Waals surface area contributed by atoms with Crippen LogP contribution in [0.4, 0.5) is 0 Å². The van der Waals surface area contributed by atoms with Crippen LogP contribution in [0.2, 0.25) is 0 Å². The zero-order valence-electron chi connectivity index (χ0n) is 15.8. The molecule has 7 heteroatoms. The van der Waals surface area contributed by atoms with Crippen molar-refractivity contribution >= 4 is 0 Å². The molecule has 0 atom stereocenters. The van der Waals surface area contributed by atoms with Crippen molar-refractivity contribution in [3.8, 4) is 0 Å². The van der Waals surface area contributed by atoms with E-state index in [1.165, 1.54) is 31.2 Å². The van der Waals surface area contributed by atoms with Crippen LogP contribution in [0.5, 0.6) is 0 Å². The highest BCUT2D eigenvalue weighted by atomic mass is 16.4. The molecule has 0 spiro atoms. The minimum Gasteiger partial charge on any atom is -0.424 e. The van der Waals surface area contributed by atoms with E-state index >= 15 is 0 Å². The van der Waals surface area contributed by atoms with Gasteiger partial charge in [-0.2, -0.15) is 5.10 Å². The van der Waals surface area contributed by atoms with Crippen LogP contribution in [0.25, 0.3) is 0 Å². The van der Waals surface area contributed by atoms with Gasteiger partial charge in [0.2, 0.25) is 11.8 Å². The van der Waals surface area contributed by atoms with Crippen molar-refractivity contribution < 1.29 is 4.42 Å². The van der Waals surface area contributed by atoms with Crippen molar-refractivity contribution in [3.05, 3.63) is 39.5 Å². The van der Waals surface area contributed by atoms with E-state index in [4.69, 9.17) is 4.42 Å². The zero-order chi connectivity index (χ0) is 18.2. The lowest BCUT2D eigenvalue weighted by molar-refractivity contribution is 0.151. The first-order valence-electron chi connectivity index (χ1n) is 10.4. The molecule has 2 aliphatic carbocycles. The monoisotopic (exact) mass is 369 g/mol. The Kier molecular flexibility index (Phi) is 4.55. The summed E-state index contributed by atoms with van der Waals surface area (Å²) in [6.45, 7) is 3.49. The van der Waals surface area contributed by atoms with Crippen molar-refractivity contribution in [2.24, 2.45) is 5.92 Å². The Hall–Kier alpha value is -2.02. The third-order valence-corrected chi connectivity index (χ3v) is 6.18. The van der Waals surface area contributed by atoms with Gasteiger partial charge in [0.1, 0.15) is 0 Å². The summed E-state index contributed by atoms with van der Waals surface area (Å²) in [7, 11) is 0. The Labute approximate surface area is 158 Å². The first-order chi connectivity index (χ1) is 13.2. The predicted molar refractivity (Wildman–Crippen MR) is 99.4 cm³/mol. The van der Waals surface area contributed by atoms with Crippen LogP contribution < -0.4 is 5.56 Å². The summed E-state index contributed by atoms with van der Waals surface area (Å²) in [5, 5.41) is 13.0. The van der Waals surface area contributed by atoms with E-state index in [1.54, 1.807) is 4.68 Å². The van der Waals surface area contributed by atoms with E-state index < -0.39 is 0 Å². The number of likely N-dealkylation sites (tertiary alicyclic amines) is 1. The maximum Gasteiger partial charge on any atom is 0.267 e. The molecule has 144 valence electrons. The van der Waals surface area contributed by atoms with Crippen LogP contribution in [-0.4, -0.2) is 38.0 Å². The van der Waals surface area contributed by atoms with E-state index in [2.05, 4.69) is 20.2 Å². The van der Waals surface area contributed by atoms with Crippen LogP contribution in [0, 0.1) is 5.92 Å². The summed E-state index contributed by atoms with van der Waals surface area (Å²) >= 11 is 0. The Morgan fingerprint density at radius 1 is 1.07 bits per heavy atom. The molecular weight excluding hydrogens is 342 g/mol. The van der Waals surface area contributed by atoms with E-state index in [0.29, 0.717) is 11.8 Å². The molecule has 1 saturated carbocycles. The standard InChI is InChI=1S/C20H27N5O2/c26-19-11-16-3-1-2-4-17(16)23-25(19)12-14-7-9-24(10-8-14)13-18-21-22-20(27-18)15-5-6-15/h11,14-15H,1-10,12-13H2. The quantitative estimate of drug-likeness (QED) is 0.805. The summed E-state index contributed by atoms with van der Waals surface area (Å²) in [4.78, 5) is 14.8. The number of hydrogen-bond acceptors (Lipinski definition) is 6. The molecule has 0 bridgehead atoms. The molecule has 5 rings (SSSR count). The second-order valence-corrected chi connectivity index (χ2v) is 8.37. The number of nitrogens with zero attached hydrogens (tertiary/aromatic N) is 5. The molecule has 0 N–H and O–H groups in total.